The number of aromatic nitrogens is 3. The number of alkyl halides is 3. The number of nitrogens with one attached hydrogen (secondary N) is 1. The monoisotopic (exact) mass is 478 g/mol. The molecule has 0 unspecified atom stereocenters. The van der Waals surface area contributed by atoms with E-state index < -0.39 is 52.8 Å². The maximum Gasteiger partial charge on any atom is 0.433 e. The lowest BCUT2D eigenvalue weighted by Crippen LogP contribution is -2.38. The van der Waals surface area contributed by atoms with Crippen LogP contribution in [0.1, 0.15) is 42.4 Å². The second-order valence-corrected chi connectivity index (χ2v) is 8.31. The number of amides is 1. The van der Waals surface area contributed by atoms with Crippen LogP contribution < -0.4 is 10.9 Å². The van der Waals surface area contributed by atoms with Gasteiger partial charge >= 0.3 is 12.1 Å². The summed E-state index contributed by atoms with van der Waals surface area (Å²) in [6.45, 7) is 4.10. The van der Waals surface area contributed by atoms with Gasteiger partial charge in [-0.2, -0.15) is 13.2 Å². The summed E-state index contributed by atoms with van der Waals surface area (Å²) in [5.74, 6) is -2.42. The maximum atomic E-state index is 13.1. The topological polar surface area (TPSA) is 123 Å². The Morgan fingerprint density at radius 3 is 2.44 bits per heavy atom. The number of hydrogen-bond acceptors (Lipinski definition) is 7. The van der Waals surface area contributed by atoms with Gasteiger partial charge in [0.2, 0.25) is 0 Å². The number of hydrogen-bond donors (Lipinski definition) is 2. The molecule has 3 aromatic heterocycles. The number of rotatable bonds is 5. The van der Waals surface area contributed by atoms with Gasteiger partial charge in [-0.3, -0.25) is 23.9 Å². The van der Waals surface area contributed by atoms with Crippen molar-refractivity contribution in [1.29, 1.82) is 0 Å². The highest BCUT2D eigenvalue weighted by atomic mass is 19.4. The van der Waals surface area contributed by atoms with Gasteiger partial charge in [0.1, 0.15) is 34.8 Å². The smallest absolute Gasteiger partial charge is 0.433 e. The molecule has 0 saturated carbocycles. The largest absolute Gasteiger partial charge is 0.506 e. The summed E-state index contributed by atoms with van der Waals surface area (Å²) in [5.41, 5.74) is -3.25. The van der Waals surface area contributed by atoms with Gasteiger partial charge in [-0.05, 0) is 44.5 Å². The van der Waals surface area contributed by atoms with Crippen molar-refractivity contribution in [2.75, 3.05) is 6.54 Å². The van der Waals surface area contributed by atoms with Gasteiger partial charge in [0.05, 0.1) is 11.9 Å². The average Bonchev–Trinajstić information content (AvgIpc) is 2.74. The molecule has 0 saturated heterocycles. The van der Waals surface area contributed by atoms with E-state index in [-0.39, 0.29) is 23.1 Å². The molecule has 0 radical (unpaired) electrons. The number of fused-ring (bicyclic) bond motifs is 1. The van der Waals surface area contributed by atoms with Crippen LogP contribution in [0.25, 0.3) is 11.0 Å². The van der Waals surface area contributed by atoms with Crippen LogP contribution in [0.4, 0.5) is 13.2 Å². The summed E-state index contributed by atoms with van der Waals surface area (Å²) in [6.07, 6.45) is -2.31. The third kappa shape index (κ3) is 5.50. The van der Waals surface area contributed by atoms with E-state index in [1.54, 1.807) is 20.8 Å². The first-order valence-corrected chi connectivity index (χ1v) is 10.0. The van der Waals surface area contributed by atoms with Crippen molar-refractivity contribution in [1.82, 2.24) is 19.9 Å². The number of esters is 1. The molecule has 34 heavy (non-hydrogen) atoms. The number of ether oxygens (including phenoxy) is 1. The molecule has 12 heteroatoms. The summed E-state index contributed by atoms with van der Waals surface area (Å²) in [6, 6.07) is 4.80. The van der Waals surface area contributed by atoms with E-state index >= 15 is 0 Å². The summed E-state index contributed by atoms with van der Waals surface area (Å²) in [5, 5.41) is 12.9. The zero-order chi connectivity index (χ0) is 25.3. The van der Waals surface area contributed by atoms with Crippen molar-refractivity contribution < 1.29 is 32.6 Å². The fraction of sp³-hybridized carbons (Fsp3) is 0.318. The number of nitrogens with zero attached hydrogens (tertiary/aromatic N) is 3. The number of carbonyl (C=O) groups excluding carboxylic acids is 2. The minimum Gasteiger partial charge on any atom is -0.506 e. The predicted octanol–water partition coefficient (Wildman–Crippen LogP) is 2.64. The molecule has 180 valence electrons. The van der Waals surface area contributed by atoms with Gasteiger partial charge in [0.25, 0.3) is 11.5 Å². The molecule has 0 spiro atoms. The molecule has 0 bridgehead atoms. The molecule has 3 aromatic rings. The van der Waals surface area contributed by atoms with E-state index in [9.17, 15) is 32.7 Å². The molecule has 3 rings (SSSR count). The van der Waals surface area contributed by atoms with Crippen LogP contribution in [0.2, 0.25) is 0 Å². The predicted molar refractivity (Wildman–Crippen MR) is 114 cm³/mol. The number of pyridine rings is 3. The SMILES string of the molecule is CC(C)(C)OC(=O)CNC(=O)c1c(O)c2cccnc2n(Cc2ccc(C(F)(F)F)nc2)c1=O. The number of carbonyl (C=O) groups is 2. The Balaban J connectivity index is 1.99. The Hall–Kier alpha value is -3.96. The molecule has 2 N–H and O–H groups in total. The summed E-state index contributed by atoms with van der Waals surface area (Å²) < 4.78 is 44.5. The summed E-state index contributed by atoms with van der Waals surface area (Å²) in [4.78, 5) is 45.2. The van der Waals surface area contributed by atoms with Crippen molar-refractivity contribution in [2.24, 2.45) is 0 Å². The normalized spacial score (nSPS) is 11.9. The van der Waals surface area contributed by atoms with E-state index in [4.69, 9.17) is 4.74 Å². The Bertz CT molecular complexity index is 1300. The van der Waals surface area contributed by atoms with Crippen molar-refractivity contribution in [3.63, 3.8) is 0 Å². The first-order valence-electron chi connectivity index (χ1n) is 10.0. The van der Waals surface area contributed by atoms with Gasteiger partial charge < -0.3 is 15.2 Å². The number of aromatic hydroxyl groups is 1. The third-order valence-electron chi connectivity index (χ3n) is 4.49. The van der Waals surface area contributed by atoms with Gasteiger partial charge in [-0.25, -0.2) is 4.98 Å². The fourth-order valence-corrected chi connectivity index (χ4v) is 3.10. The van der Waals surface area contributed by atoms with Crippen LogP contribution in [-0.4, -0.2) is 43.7 Å². The second kappa shape index (κ2) is 9.12. The second-order valence-electron chi connectivity index (χ2n) is 8.31. The van der Waals surface area contributed by atoms with Crippen molar-refractivity contribution in [3.8, 4) is 5.75 Å². The Labute approximate surface area is 191 Å². The van der Waals surface area contributed by atoms with Crippen LogP contribution in [0.15, 0.2) is 41.5 Å². The van der Waals surface area contributed by atoms with E-state index in [0.717, 1.165) is 22.9 Å². The quantitative estimate of drug-likeness (QED) is 0.541. The molecular formula is C22H21F3N4O5. The molecule has 0 atom stereocenters. The molecule has 3 heterocycles. The first kappa shape index (κ1) is 24.7. The van der Waals surface area contributed by atoms with Crippen LogP contribution in [0.3, 0.4) is 0 Å². The molecule has 0 aliphatic rings. The van der Waals surface area contributed by atoms with E-state index in [2.05, 4.69) is 15.3 Å². The molecule has 1 amide bonds. The van der Waals surface area contributed by atoms with Crippen molar-refractivity contribution in [3.05, 3.63) is 63.8 Å². The lowest BCUT2D eigenvalue weighted by atomic mass is 10.1. The fourth-order valence-electron chi connectivity index (χ4n) is 3.10. The van der Waals surface area contributed by atoms with Crippen LogP contribution in [0, 0.1) is 0 Å². The van der Waals surface area contributed by atoms with E-state index in [1.807, 2.05) is 0 Å². The molecule has 0 aromatic carbocycles. The highest BCUT2D eigenvalue weighted by Crippen LogP contribution is 2.28. The lowest BCUT2D eigenvalue weighted by molar-refractivity contribution is -0.153. The van der Waals surface area contributed by atoms with Gasteiger partial charge in [0, 0.05) is 12.4 Å². The Morgan fingerprint density at radius 1 is 1.15 bits per heavy atom. The van der Waals surface area contributed by atoms with E-state index in [1.165, 1.54) is 18.3 Å². The van der Waals surface area contributed by atoms with Gasteiger partial charge in [-0.15, -0.1) is 0 Å². The standard InChI is InChI=1S/C22H21F3N4O5/c1-21(2,3)34-15(30)10-28-19(32)16-17(31)13-5-4-8-26-18(13)29(20(16)33)11-12-6-7-14(27-9-12)22(23,24)25/h4-9,31H,10-11H2,1-3H3,(H,28,32). The summed E-state index contributed by atoms with van der Waals surface area (Å²) in [7, 11) is 0. The molecule has 0 fully saturated rings. The first-order chi connectivity index (χ1) is 15.8. The lowest BCUT2D eigenvalue weighted by Gasteiger charge is -2.19. The minimum absolute atomic E-state index is 0.00795. The maximum absolute atomic E-state index is 13.1. The highest BCUT2D eigenvalue weighted by molar-refractivity contribution is 6.02. The van der Waals surface area contributed by atoms with Crippen LogP contribution in [0.5, 0.6) is 5.75 Å². The van der Waals surface area contributed by atoms with Crippen LogP contribution >= 0.6 is 0 Å². The number of halogens is 3. The molecule has 0 aliphatic heterocycles. The van der Waals surface area contributed by atoms with Gasteiger partial charge in [0.15, 0.2) is 0 Å². The third-order valence-corrected chi connectivity index (χ3v) is 4.49. The summed E-state index contributed by atoms with van der Waals surface area (Å²) >= 11 is 0. The average molecular weight is 478 g/mol. The minimum atomic E-state index is -4.62. The molecule has 9 nitrogen and oxygen atoms in total. The Morgan fingerprint density at radius 2 is 1.85 bits per heavy atom. The van der Waals surface area contributed by atoms with E-state index in [0.29, 0.717) is 0 Å². The highest BCUT2D eigenvalue weighted by Gasteiger charge is 2.32. The van der Waals surface area contributed by atoms with Crippen molar-refractivity contribution >= 4 is 22.9 Å². The van der Waals surface area contributed by atoms with Crippen LogP contribution in [-0.2, 0) is 22.3 Å². The van der Waals surface area contributed by atoms with Gasteiger partial charge in [-0.1, -0.05) is 6.07 Å². The molecular weight excluding hydrogens is 457 g/mol. The van der Waals surface area contributed by atoms with Crippen molar-refractivity contribution in [2.45, 2.75) is 39.1 Å². The zero-order valence-electron chi connectivity index (χ0n) is 18.4. The molecule has 0 aliphatic carbocycles. The zero-order valence-corrected chi connectivity index (χ0v) is 18.4. The Kier molecular flexibility index (Phi) is 6.62.